The fourth-order valence-electron chi connectivity index (χ4n) is 4.25. The van der Waals surface area contributed by atoms with E-state index in [2.05, 4.69) is 10.6 Å². The third-order valence-corrected chi connectivity index (χ3v) is 6.38. The average molecular weight is 537 g/mol. The molecule has 4 aromatic rings. The number of aryl methyl sites for hydroxylation is 1. The maximum atomic E-state index is 13.0. The molecule has 0 unspecified atom stereocenters. The minimum atomic E-state index is -1.02. The number of para-hydroxylation sites is 1. The van der Waals surface area contributed by atoms with Crippen LogP contribution in [0.15, 0.2) is 109 Å². The molecule has 4 rings (SSSR count). The zero-order valence-electron chi connectivity index (χ0n) is 22.1. The molecule has 7 heteroatoms. The highest BCUT2D eigenvalue weighted by Gasteiger charge is 2.21. The number of hydrogen-bond donors (Lipinski definition) is 3. The molecule has 0 heterocycles. The molecule has 0 fully saturated rings. The number of carboxylic acid groups (broad SMARTS) is 1. The third-order valence-electron chi connectivity index (χ3n) is 6.38. The molecular formula is C33H32N2O5. The van der Waals surface area contributed by atoms with Crippen LogP contribution in [0.4, 0.5) is 5.69 Å². The molecule has 1 amide bonds. The molecule has 0 aliphatic carbocycles. The van der Waals surface area contributed by atoms with E-state index in [1.165, 1.54) is 0 Å². The number of amides is 1. The van der Waals surface area contributed by atoms with Gasteiger partial charge in [0.05, 0.1) is 6.54 Å². The smallest absolute Gasteiger partial charge is 0.326 e. The predicted octanol–water partition coefficient (Wildman–Crippen LogP) is 5.15. The van der Waals surface area contributed by atoms with Crippen molar-refractivity contribution in [1.82, 2.24) is 5.32 Å². The Balaban J connectivity index is 1.27. The van der Waals surface area contributed by atoms with Crippen molar-refractivity contribution in [3.8, 4) is 5.75 Å². The van der Waals surface area contributed by atoms with Gasteiger partial charge in [-0.1, -0.05) is 84.9 Å². The van der Waals surface area contributed by atoms with Crippen LogP contribution in [0.1, 0.15) is 33.5 Å². The van der Waals surface area contributed by atoms with Crippen LogP contribution >= 0.6 is 0 Å². The first-order valence-corrected chi connectivity index (χ1v) is 13.2. The summed E-state index contributed by atoms with van der Waals surface area (Å²) < 4.78 is 5.72. The van der Waals surface area contributed by atoms with Gasteiger partial charge in [-0.3, -0.25) is 9.59 Å². The average Bonchev–Trinajstić information content (AvgIpc) is 2.99. The second kappa shape index (κ2) is 14.3. The maximum Gasteiger partial charge on any atom is 0.326 e. The summed E-state index contributed by atoms with van der Waals surface area (Å²) in [5.74, 6) is -0.602. The first-order chi connectivity index (χ1) is 19.5. The van der Waals surface area contributed by atoms with Crippen molar-refractivity contribution >= 4 is 23.3 Å². The number of nitrogens with one attached hydrogen (secondary N) is 2. The summed E-state index contributed by atoms with van der Waals surface area (Å²) in [6.45, 7) is 0.712. The number of carboxylic acids is 1. The Morgan fingerprint density at radius 3 is 2.10 bits per heavy atom. The van der Waals surface area contributed by atoms with E-state index >= 15 is 0 Å². The van der Waals surface area contributed by atoms with Gasteiger partial charge in [0.25, 0.3) is 0 Å². The number of rotatable bonds is 14. The van der Waals surface area contributed by atoms with Gasteiger partial charge in [0, 0.05) is 29.7 Å². The monoisotopic (exact) mass is 536 g/mol. The predicted molar refractivity (Wildman–Crippen MR) is 155 cm³/mol. The van der Waals surface area contributed by atoms with Crippen LogP contribution < -0.4 is 15.4 Å². The van der Waals surface area contributed by atoms with E-state index in [4.69, 9.17) is 4.74 Å². The lowest BCUT2D eigenvalue weighted by molar-refractivity contribution is -0.137. The van der Waals surface area contributed by atoms with Crippen molar-refractivity contribution in [1.29, 1.82) is 0 Å². The minimum Gasteiger partial charge on any atom is -0.492 e. The Kier molecular flexibility index (Phi) is 10.0. The van der Waals surface area contributed by atoms with Crippen molar-refractivity contribution in [2.24, 2.45) is 0 Å². The highest BCUT2D eigenvalue weighted by molar-refractivity contribution is 6.12. The van der Waals surface area contributed by atoms with E-state index in [0.29, 0.717) is 48.6 Å². The van der Waals surface area contributed by atoms with Gasteiger partial charge < -0.3 is 20.5 Å². The summed E-state index contributed by atoms with van der Waals surface area (Å²) in [4.78, 5) is 37.2. The van der Waals surface area contributed by atoms with Crippen LogP contribution in [0.25, 0.3) is 0 Å². The fraction of sp³-hybridized carbons (Fsp3) is 0.182. The molecule has 0 aromatic heterocycles. The maximum absolute atomic E-state index is 13.0. The van der Waals surface area contributed by atoms with E-state index in [1.807, 2.05) is 48.5 Å². The van der Waals surface area contributed by atoms with Crippen LogP contribution in [-0.2, 0) is 22.4 Å². The topological polar surface area (TPSA) is 105 Å². The number of ketones is 1. The Morgan fingerprint density at radius 1 is 0.750 bits per heavy atom. The Morgan fingerprint density at radius 2 is 1.40 bits per heavy atom. The lowest BCUT2D eigenvalue weighted by Crippen LogP contribution is -2.32. The molecule has 4 aromatic carbocycles. The van der Waals surface area contributed by atoms with Gasteiger partial charge >= 0.3 is 5.97 Å². The largest absolute Gasteiger partial charge is 0.492 e. The SMILES string of the molecule is O=C(CCc1ccccc1)NCCOc1ccc(C[C@@H](Nc2ccccc2C(=O)c2ccccc2)C(=O)O)cc1. The van der Waals surface area contributed by atoms with Gasteiger partial charge in [-0.15, -0.1) is 0 Å². The lowest BCUT2D eigenvalue weighted by atomic mass is 10.00. The van der Waals surface area contributed by atoms with Gasteiger partial charge in [0.1, 0.15) is 18.4 Å². The summed E-state index contributed by atoms with van der Waals surface area (Å²) in [6.07, 6.45) is 1.32. The van der Waals surface area contributed by atoms with Crippen LogP contribution in [0.5, 0.6) is 5.75 Å². The standard InChI is InChI=1S/C33H32N2O5/c36-31(20-17-24-9-3-1-4-10-24)34-21-22-40-27-18-15-25(16-19-27)23-30(33(38)39)35-29-14-8-7-13-28(29)32(37)26-11-5-2-6-12-26/h1-16,18-19,30,35H,17,20-23H2,(H,34,36)(H,38,39)/t30-/m1/s1. The number of hydrogen-bond acceptors (Lipinski definition) is 5. The molecule has 1 atom stereocenters. The summed E-state index contributed by atoms with van der Waals surface area (Å²) in [5.41, 5.74) is 3.34. The van der Waals surface area contributed by atoms with Crippen molar-refractivity contribution in [3.05, 3.63) is 131 Å². The summed E-state index contributed by atoms with van der Waals surface area (Å²) in [5, 5.41) is 15.8. The zero-order valence-corrected chi connectivity index (χ0v) is 22.1. The Bertz CT molecular complexity index is 1410. The number of carbonyl (C=O) groups excluding carboxylic acids is 2. The first kappa shape index (κ1) is 28.1. The van der Waals surface area contributed by atoms with Gasteiger partial charge in [0.15, 0.2) is 5.78 Å². The van der Waals surface area contributed by atoms with E-state index < -0.39 is 12.0 Å². The summed E-state index contributed by atoms with van der Waals surface area (Å²) >= 11 is 0. The minimum absolute atomic E-state index is 0.0259. The third kappa shape index (κ3) is 8.30. The van der Waals surface area contributed by atoms with Crippen molar-refractivity contribution in [2.75, 3.05) is 18.5 Å². The lowest BCUT2D eigenvalue weighted by Gasteiger charge is -2.18. The molecule has 204 valence electrons. The fourth-order valence-corrected chi connectivity index (χ4v) is 4.25. The summed E-state index contributed by atoms with van der Waals surface area (Å²) in [6, 6.07) is 31.9. The highest BCUT2D eigenvalue weighted by Crippen LogP contribution is 2.22. The van der Waals surface area contributed by atoms with Gasteiger partial charge in [0.2, 0.25) is 5.91 Å². The number of aliphatic carboxylic acids is 1. The van der Waals surface area contributed by atoms with Crippen LogP contribution in [0, 0.1) is 0 Å². The van der Waals surface area contributed by atoms with Gasteiger partial charge in [-0.2, -0.15) is 0 Å². The van der Waals surface area contributed by atoms with E-state index in [0.717, 1.165) is 11.1 Å². The van der Waals surface area contributed by atoms with Crippen molar-refractivity contribution in [2.45, 2.75) is 25.3 Å². The molecule has 7 nitrogen and oxygen atoms in total. The van der Waals surface area contributed by atoms with Crippen molar-refractivity contribution < 1.29 is 24.2 Å². The number of ether oxygens (including phenoxy) is 1. The quantitative estimate of drug-likeness (QED) is 0.152. The molecule has 0 saturated carbocycles. The van der Waals surface area contributed by atoms with E-state index in [-0.39, 0.29) is 18.1 Å². The molecule has 3 N–H and O–H groups in total. The molecular weight excluding hydrogens is 504 g/mol. The van der Waals surface area contributed by atoms with Crippen molar-refractivity contribution in [3.63, 3.8) is 0 Å². The van der Waals surface area contributed by atoms with Crippen LogP contribution in [-0.4, -0.2) is 42.0 Å². The molecule has 0 radical (unpaired) electrons. The van der Waals surface area contributed by atoms with Crippen LogP contribution in [0.3, 0.4) is 0 Å². The zero-order chi connectivity index (χ0) is 28.2. The van der Waals surface area contributed by atoms with E-state index in [9.17, 15) is 19.5 Å². The second-order valence-corrected chi connectivity index (χ2v) is 9.31. The first-order valence-electron chi connectivity index (χ1n) is 13.2. The summed E-state index contributed by atoms with van der Waals surface area (Å²) in [7, 11) is 0. The normalized spacial score (nSPS) is 11.3. The van der Waals surface area contributed by atoms with Gasteiger partial charge in [-0.25, -0.2) is 4.79 Å². The molecule has 40 heavy (non-hydrogen) atoms. The molecule has 0 saturated heterocycles. The number of benzene rings is 4. The Hall–Kier alpha value is -4.91. The Labute approximate surface area is 233 Å². The van der Waals surface area contributed by atoms with Crippen LogP contribution in [0.2, 0.25) is 0 Å². The number of carbonyl (C=O) groups is 3. The molecule has 0 aliphatic rings. The molecule has 0 aliphatic heterocycles. The van der Waals surface area contributed by atoms with Gasteiger partial charge in [-0.05, 0) is 41.8 Å². The number of anilines is 1. The highest BCUT2D eigenvalue weighted by atomic mass is 16.5. The second-order valence-electron chi connectivity index (χ2n) is 9.31. The van der Waals surface area contributed by atoms with E-state index in [1.54, 1.807) is 60.7 Å². The molecule has 0 bridgehead atoms. The molecule has 0 spiro atoms.